The van der Waals surface area contributed by atoms with Crippen LogP contribution in [-0.4, -0.2) is 23.8 Å². The van der Waals surface area contributed by atoms with Gasteiger partial charge in [-0.15, -0.1) is 0 Å². The number of fused-ring (bicyclic) bond motifs is 1. The van der Waals surface area contributed by atoms with Crippen LogP contribution in [0, 0.1) is 18.3 Å². The first-order valence-corrected chi connectivity index (χ1v) is 12.2. The van der Waals surface area contributed by atoms with E-state index in [-0.39, 0.29) is 11.7 Å². The highest BCUT2D eigenvalue weighted by molar-refractivity contribution is 8.00. The SMILES string of the molecule is COc1ccc(-c2c(C#N)c(SCC(=O)Nc3ccc(C)cc3)nc3c2CCCCC3)cc1. The van der Waals surface area contributed by atoms with Gasteiger partial charge in [0, 0.05) is 16.9 Å². The van der Waals surface area contributed by atoms with Crippen LogP contribution >= 0.6 is 11.8 Å². The Morgan fingerprint density at radius 3 is 2.52 bits per heavy atom. The second kappa shape index (κ2) is 10.5. The first kappa shape index (κ1) is 22.9. The van der Waals surface area contributed by atoms with E-state index < -0.39 is 0 Å². The molecule has 1 aliphatic rings. The van der Waals surface area contributed by atoms with Crippen LogP contribution in [0.15, 0.2) is 53.6 Å². The third-order valence-electron chi connectivity index (χ3n) is 5.86. The largest absolute Gasteiger partial charge is 0.497 e. The molecule has 1 amide bonds. The third-order valence-corrected chi connectivity index (χ3v) is 6.83. The normalized spacial score (nSPS) is 12.9. The number of nitrogens with one attached hydrogen (secondary N) is 1. The molecule has 0 bridgehead atoms. The van der Waals surface area contributed by atoms with Crippen molar-refractivity contribution in [2.75, 3.05) is 18.2 Å². The van der Waals surface area contributed by atoms with Gasteiger partial charge in [0.15, 0.2) is 0 Å². The number of pyridine rings is 1. The number of ether oxygens (including phenoxy) is 1. The third kappa shape index (κ3) is 5.37. The number of nitrogens with zero attached hydrogens (tertiary/aromatic N) is 2. The summed E-state index contributed by atoms with van der Waals surface area (Å²) in [4.78, 5) is 17.5. The summed E-state index contributed by atoms with van der Waals surface area (Å²) >= 11 is 1.33. The van der Waals surface area contributed by atoms with Crippen LogP contribution in [0.4, 0.5) is 5.69 Å². The minimum atomic E-state index is -0.115. The molecule has 0 radical (unpaired) electrons. The quantitative estimate of drug-likeness (QED) is 0.366. The van der Waals surface area contributed by atoms with Crippen molar-refractivity contribution in [3.8, 4) is 22.9 Å². The molecule has 3 aromatic rings. The highest BCUT2D eigenvalue weighted by Gasteiger charge is 2.23. The Bertz CT molecular complexity index is 1180. The van der Waals surface area contributed by atoms with Gasteiger partial charge in [0.1, 0.15) is 16.8 Å². The number of rotatable bonds is 6. The number of hydrogen-bond acceptors (Lipinski definition) is 5. The summed E-state index contributed by atoms with van der Waals surface area (Å²) in [7, 11) is 1.64. The summed E-state index contributed by atoms with van der Waals surface area (Å²) in [6.45, 7) is 2.01. The maximum absolute atomic E-state index is 12.6. The Balaban J connectivity index is 1.66. The molecule has 2 aromatic carbocycles. The zero-order valence-corrected chi connectivity index (χ0v) is 19.8. The zero-order chi connectivity index (χ0) is 23.2. The maximum atomic E-state index is 12.6. The number of aryl methyl sites for hydroxylation is 2. The second-order valence-corrected chi connectivity index (χ2v) is 9.16. The highest BCUT2D eigenvalue weighted by Crippen LogP contribution is 2.38. The van der Waals surface area contributed by atoms with Crippen molar-refractivity contribution in [2.45, 2.75) is 44.1 Å². The Morgan fingerprint density at radius 1 is 1.09 bits per heavy atom. The lowest BCUT2D eigenvalue weighted by molar-refractivity contribution is -0.113. The van der Waals surface area contributed by atoms with Gasteiger partial charge >= 0.3 is 0 Å². The van der Waals surface area contributed by atoms with Crippen molar-refractivity contribution in [3.63, 3.8) is 0 Å². The Hall–Kier alpha value is -3.30. The van der Waals surface area contributed by atoms with E-state index in [1.54, 1.807) is 7.11 Å². The van der Waals surface area contributed by atoms with E-state index in [0.29, 0.717) is 10.6 Å². The molecule has 0 aliphatic heterocycles. The number of benzene rings is 2. The lowest BCUT2D eigenvalue weighted by Crippen LogP contribution is -2.14. The molecule has 1 N–H and O–H groups in total. The first-order valence-electron chi connectivity index (χ1n) is 11.2. The molecule has 33 heavy (non-hydrogen) atoms. The van der Waals surface area contributed by atoms with Crippen LogP contribution < -0.4 is 10.1 Å². The average molecular weight is 458 g/mol. The van der Waals surface area contributed by atoms with Crippen molar-refractivity contribution in [1.29, 1.82) is 5.26 Å². The van der Waals surface area contributed by atoms with Crippen LogP contribution in [0.1, 0.15) is 41.6 Å². The lowest BCUT2D eigenvalue weighted by atomic mass is 9.92. The lowest BCUT2D eigenvalue weighted by Gasteiger charge is -2.17. The number of hydrogen-bond donors (Lipinski definition) is 1. The van der Waals surface area contributed by atoms with Crippen LogP contribution in [0.2, 0.25) is 0 Å². The van der Waals surface area contributed by atoms with Crippen molar-refractivity contribution < 1.29 is 9.53 Å². The molecule has 1 heterocycles. The zero-order valence-electron chi connectivity index (χ0n) is 19.0. The number of aromatic nitrogens is 1. The molecule has 1 aliphatic carbocycles. The molecule has 0 saturated heterocycles. The van der Waals surface area contributed by atoms with Gasteiger partial charge in [-0.1, -0.05) is 48.0 Å². The predicted molar refractivity (Wildman–Crippen MR) is 133 cm³/mol. The smallest absolute Gasteiger partial charge is 0.234 e. The average Bonchev–Trinajstić information content (AvgIpc) is 3.08. The Labute approximate surface area is 199 Å². The highest BCUT2D eigenvalue weighted by atomic mass is 32.2. The molecule has 168 valence electrons. The van der Waals surface area contributed by atoms with Gasteiger partial charge in [0.2, 0.25) is 5.91 Å². The van der Waals surface area contributed by atoms with E-state index in [2.05, 4.69) is 11.4 Å². The first-order chi connectivity index (χ1) is 16.1. The molecule has 5 nitrogen and oxygen atoms in total. The summed E-state index contributed by atoms with van der Waals surface area (Å²) < 4.78 is 5.31. The van der Waals surface area contributed by atoms with Gasteiger partial charge in [-0.3, -0.25) is 4.79 Å². The van der Waals surface area contributed by atoms with E-state index in [1.807, 2.05) is 55.5 Å². The maximum Gasteiger partial charge on any atom is 0.234 e. The fraction of sp³-hybridized carbons (Fsp3) is 0.296. The van der Waals surface area contributed by atoms with E-state index in [4.69, 9.17) is 9.72 Å². The number of carbonyl (C=O) groups is 1. The van der Waals surface area contributed by atoms with Crippen molar-refractivity contribution >= 4 is 23.4 Å². The van der Waals surface area contributed by atoms with Gasteiger partial charge in [0.25, 0.3) is 0 Å². The molecule has 4 rings (SSSR count). The standard InChI is InChI=1S/C27H27N3O2S/c1-18-8-12-20(13-9-18)29-25(31)17-33-27-23(16-28)26(19-10-14-21(32-2)15-11-19)22-6-4-3-5-7-24(22)30-27/h8-15H,3-7,17H2,1-2H3,(H,29,31). The molecule has 0 fully saturated rings. The van der Waals surface area contributed by atoms with Crippen LogP contribution in [0.5, 0.6) is 5.75 Å². The molecule has 0 atom stereocenters. The minimum Gasteiger partial charge on any atom is -0.497 e. The molecule has 0 unspecified atom stereocenters. The van der Waals surface area contributed by atoms with Gasteiger partial charge in [-0.25, -0.2) is 4.98 Å². The number of carbonyl (C=O) groups excluding carboxylic acids is 1. The number of methoxy groups -OCH3 is 1. The number of amides is 1. The number of anilines is 1. The molecule has 0 spiro atoms. The fourth-order valence-electron chi connectivity index (χ4n) is 4.15. The molecular formula is C27H27N3O2S. The Kier molecular flexibility index (Phi) is 7.31. The monoisotopic (exact) mass is 457 g/mol. The number of nitriles is 1. The van der Waals surface area contributed by atoms with E-state index in [9.17, 15) is 10.1 Å². The van der Waals surface area contributed by atoms with Crippen molar-refractivity contribution in [3.05, 3.63) is 70.9 Å². The van der Waals surface area contributed by atoms with Crippen LogP contribution in [0.25, 0.3) is 11.1 Å². The summed E-state index contributed by atoms with van der Waals surface area (Å²) in [6.07, 6.45) is 5.15. The van der Waals surface area contributed by atoms with Crippen molar-refractivity contribution in [2.24, 2.45) is 0 Å². The van der Waals surface area contributed by atoms with Crippen LogP contribution in [0.3, 0.4) is 0 Å². The van der Waals surface area contributed by atoms with E-state index in [0.717, 1.165) is 65.9 Å². The summed E-state index contributed by atoms with van der Waals surface area (Å²) in [6, 6.07) is 17.9. The summed E-state index contributed by atoms with van der Waals surface area (Å²) in [5.41, 5.74) is 6.62. The van der Waals surface area contributed by atoms with Gasteiger partial charge in [-0.05, 0) is 68.0 Å². The summed E-state index contributed by atoms with van der Waals surface area (Å²) in [5.74, 6) is 0.853. The van der Waals surface area contributed by atoms with Gasteiger partial charge in [0.05, 0.1) is 18.4 Å². The number of thioether (sulfide) groups is 1. The fourth-order valence-corrected chi connectivity index (χ4v) is 4.95. The second-order valence-electron chi connectivity index (χ2n) is 8.20. The molecule has 1 aromatic heterocycles. The van der Waals surface area contributed by atoms with Crippen LogP contribution in [-0.2, 0) is 17.6 Å². The van der Waals surface area contributed by atoms with Gasteiger partial charge < -0.3 is 10.1 Å². The summed E-state index contributed by atoms with van der Waals surface area (Å²) in [5, 5.41) is 13.7. The predicted octanol–water partition coefficient (Wildman–Crippen LogP) is 5.94. The molecule has 0 saturated carbocycles. The topological polar surface area (TPSA) is 75.0 Å². The van der Waals surface area contributed by atoms with E-state index in [1.165, 1.54) is 17.3 Å². The Morgan fingerprint density at radius 2 is 1.82 bits per heavy atom. The van der Waals surface area contributed by atoms with Crippen molar-refractivity contribution in [1.82, 2.24) is 4.98 Å². The molecular weight excluding hydrogens is 430 g/mol. The van der Waals surface area contributed by atoms with E-state index >= 15 is 0 Å². The molecule has 6 heteroatoms. The minimum absolute atomic E-state index is 0.115. The van der Waals surface area contributed by atoms with Gasteiger partial charge in [-0.2, -0.15) is 5.26 Å².